The quantitative estimate of drug-likeness (QED) is 0.692. The molecule has 112 valence electrons. The van der Waals surface area contributed by atoms with Crippen LogP contribution >= 0.6 is 27.5 Å². The molecule has 0 aromatic heterocycles. The third kappa shape index (κ3) is 4.84. The smallest absolute Gasteiger partial charge is 0.0435 e. The van der Waals surface area contributed by atoms with Gasteiger partial charge in [-0.15, -0.1) is 0 Å². The summed E-state index contributed by atoms with van der Waals surface area (Å²) in [6.07, 6.45) is 2.11. The Balaban J connectivity index is 2.20. The summed E-state index contributed by atoms with van der Waals surface area (Å²) in [5.74, 6) is 0. The van der Waals surface area contributed by atoms with E-state index in [4.69, 9.17) is 11.6 Å². The fraction of sp³-hybridized carbons (Fsp3) is 0.333. The zero-order chi connectivity index (χ0) is 15.2. The summed E-state index contributed by atoms with van der Waals surface area (Å²) in [7, 11) is 0. The van der Waals surface area contributed by atoms with Crippen molar-refractivity contribution < 1.29 is 0 Å². The minimum atomic E-state index is 0.321. The lowest BCUT2D eigenvalue weighted by atomic mass is 9.97. The second-order valence-corrected chi connectivity index (χ2v) is 6.67. The number of aryl methyl sites for hydroxylation is 1. The van der Waals surface area contributed by atoms with E-state index in [1.165, 1.54) is 11.1 Å². The van der Waals surface area contributed by atoms with Gasteiger partial charge < -0.3 is 5.32 Å². The first-order chi connectivity index (χ1) is 10.1. The molecule has 3 heteroatoms. The van der Waals surface area contributed by atoms with Crippen molar-refractivity contribution in [1.29, 1.82) is 0 Å². The van der Waals surface area contributed by atoms with Gasteiger partial charge in [0, 0.05) is 15.5 Å². The Morgan fingerprint density at radius 1 is 1.14 bits per heavy atom. The maximum Gasteiger partial charge on any atom is 0.0435 e. The maximum atomic E-state index is 6.14. The van der Waals surface area contributed by atoms with Crippen molar-refractivity contribution in [3.05, 3.63) is 68.7 Å². The molecule has 21 heavy (non-hydrogen) atoms. The van der Waals surface area contributed by atoms with Crippen LogP contribution in [0.15, 0.2) is 46.9 Å². The van der Waals surface area contributed by atoms with Gasteiger partial charge in [-0.1, -0.05) is 58.7 Å². The predicted molar refractivity (Wildman–Crippen MR) is 95.1 cm³/mol. The van der Waals surface area contributed by atoms with Gasteiger partial charge in [-0.05, 0) is 61.2 Å². The molecule has 0 aliphatic rings. The molecule has 0 radical (unpaired) electrons. The lowest BCUT2D eigenvalue weighted by Crippen LogP contribution is -2.24. The third-order valence-corrected chi connectivity index (χ3v) is 4.53. The monoisotopic (exact) mass is 365 g/mol. The Morgan fingerprint density at radius 3 is 2.48 bits per heavy atom. The largest absolute Gasteiger partial charge is 0.310 e. The van der Waals surface area contributed by atoms with Crippen LogP contribution < -0.4 is 5.32 Å². The van der Waals surface area contributed by atoms with Crippen LogP contribution in [-0.2, 0) is 6.42 Å². The SMILES string of the molecule is CCCNC(Cc1ccc(Br)cc1)c1ccc(Cl)c(C)c1. The summed E-state index contributed by atoms with van der Waals surface area (Å²) in [6.45, 7) is 5.27. The summed E-state index contributed by atoms with van der Waals surface area (Å²) in [5, 5.41) is 4.47. The van der Waals surface area contributed by atoms with E-state index in [1.807, 2.05) is 6.07 Å². The molecule has 0 fully saturated rings. The highest BCUT2D eigenvalue weighted by Crippen LogP contribution is 2.24. The summed E-state index contributed by atoms with van der Waals surface area (Å²) in [5.41, 5.74) is 3.76. The number of rotatable bonds is 6. The molecular formula is C18H21BrClN. The molecule has 1 unspecified atom stereocenters. The van der Waals surface area contributed by atoms with E-state index < -0.39 is 0 Å². The second kappa shape index (κ2) is 7.98. The molecule has 1 nitrogen and oxygen atoms in total. The molecule has 1 N–H and O–H groups in total. The summed E-state index contributed by atoms with van der Waals surface area (Å²) >= 11 is 9.63. The minimum Gasteiger partial charge on any atom is -0.310 e. The summed E-state index contributed by atoms with van der Waals surface area (Å²) < 4.78 is 1.12. The highest BCUT2D eigenvalue weighted by Gasteiger charge is 2.12. The van der Waals surface area contributed by atoms with Crippen molar-refractivity contribution >= 4 is 27.5 Å². The van der Waals surface area contributed by atoms with E-state index in [0.29, 0.717) is 6.04 Å². The van der Waals surface area contributed by atoms with Crippen molar-refractivity contribution in [1.82, 2.24) is 5.32 Å². The van der Waals surface area contributed by atoms with Crippen LogP contribution in [0, 0.1) is 6.92 Å². The van der Waals surface area contributed by atoms with Crippen molar-refractivity contribution in [3.8, 4) is 0 Å². The molecule has 2 aromatic rings. The normalized spacial score (nSPS) is 12.4. The average molecular weight is 367 g/mol. The number of hydrogen-bond acceptors (Lipinski definition) is 1. The highest BCUT2D eigenvalue weighted by atomic mass is 79.9. The average Bonchev–Trinajstić information content (AvgIpc) is 2.48. The van der Waals surface area contributed by atoms with Crippen LogP contribution in [0.3, 0.4) is 0 Å². The van der Waals surface area contributed by atoms with Gasteiger partial charge in [0.05, 0.1) is 0 Å². The van der Waals surface area contributed by atoms with Gasteiger partial charge in [-0.25, -0.2) is 0 Å². The first-order valence-electron chi connectivity index (χ1n) is 7.34. The van der Waals surface area contributed by atoms with Gasteiger partial charge in [0.25, 0.3) is 0 Å². The fourth-order valence-corrected chi connectivity index (χ4v) is 2.75. The Bertz CT molecular complexity index is 580. The molecule has 0 heterocycles. The first-order valence-corrected chi connectivity index (χ1v) is 8.51. The predicted octanol–water partition coefficient (Wildman–Crippen LogP) is 5.69. The number of hydrogen-bond donors (Lipinski definition) is 1. The van der Waals surface area contributed by atoms with E-state index in [1.54, 1.807) is 0 Å². The minimum absolute atomic E-state index is 0.321. The molecule has 2 aromatic carbocycles. The number of benzene rings is 2. The Labute approximate surface area is 140 Å². The van der Waals surface area contributed by atoms with Crippen molar-refractivity contribution in [2.24, 2.45) is 0 Å². The van der Waals surface area contributed by atoms with Gasteiger partial charge in [-0.2, -0.15) is 0 Å². The van der Waals surface area contributed by atoms with Crippen LogP contribution in [0.2, 0.25) is 5.02 Å². The molecule has 0 saturated carbocycles. The Hall–Kier alpha value is -0.830. The Morgan fingerprint density at radius 2 is 1.86 bits per heavy atom. The van der Waals surface area contributed by atoms with E-state index in [9.17, 15) is 0 Å². The lowest BCUT2D eigenvalue weighted by Gasteiger charge is -2.20. The van der Waals surface area contributed by atoms with E-state index in [2.05, 4.69) is 71.5 Å². The van der Waals surface area contributed by atoms with Gasteiger partial charge in [0.2, 0.25) is 0 Å². The summed E-state index contributed by atoms with van der Waals surface area (Å²) in [4.78, 5) is 0. The highest BCUT2D eigenvalue weighted by molar-refractivity contribution is 9.10. The van der Waals surface area contributed by atoms with Crippen molar-refractivity contribution in [2.45, 2.75) is 32.7 Å². The van der Waals surface area contributed by atoms with Gasteiger partial charge in [-0.3, -0.25) is 0 Å². The Kier molecular flexibility index (Phi) is 6.28. The van der Waals surface area contributed by atoms with Crippen LogP contribution in [0.4, 0.5) is 0 Å². The van der Waals surface area contributed by atoms with Crippen LogP contribution in [0.5, 0.6) is 0 Å². The number of halogens is 2. The van der Waals surface area contributed by atoms with Crippen LogP contribution in [0.25, 0.3) is 0 Å². The molecule has 0 aliphatic carbocycles. The second-order valence-electron chi connectivity index (χ2n) is 5.35. The zero-order valence-corrected chi connectivity index (χ0v) is 14.8. The van der Waals surface area contributed by atoms with Crippen molar-refractivity contribution in [2.75, 3.05) is 6.54 Å². The standard InChI is InChI=1S/C18H21BrClN/c1-3-10-21-18(12-14-4-7-16(19)8-5-14)15-6-9-17(20)13(2)11-15/h4-9,11,18,21H,3,10,12H2,1-2H3. The van der Waals surface area contributed by atoms with E-state index in [-0.39, 0.29) is 0 Å². The number of nitrogens with one attached hydrogen (secondary N) is 1. The molecule has 0 bridgehead atoms. The summed E-state index contributed by atoms with van der Waals surface area (Å²) in [6, 6.07) is 15.2. The molecule has 2 rings (SSSR count). The zero-order valence-electron chi connectivity index (χ0n) is 12.5. The van der Waals surface area contributed by atoms with E-state index in [0.717, 1.165) is 34.4 Å². The fourth-order valence-electron chi connectivity index (χ4n) is 2.37. The molecule has 0 saturated heterocycles. The maximum absolute atomic E-state index is 6.14. The van der Waals surface area contributed by atoms with Gasteiger partial charge in [0.1, 0.15) is 0 Å². The molecule has 0 amide bonds. The van der Waals surface area contributed by atoms with Crippen molar-refractivity contribution in [3.63, 3.8) is 0 Å². The van der Waals surface area contributed by atoms with Crippen LogP contribution in [-0.4, -0.2) is 6.54 Å². The van der Waals surface area contributed by atoms with Gasteiger partial charge in [0.15, 0.2) is 0 Å². The van der Waals surface area contributed by atoms with Gasteiger partial charge >= 0.3 is 0 Å². The molecular weight excluding hydrogens is 346 g/mol. The van der Waals surface area contributed by atoms with E-state index >= 15 is 0 Å². The first kappa shape index (κ1) is 16.5. The molecule has 0 aliphatic heterocycles. The molecule has 0 spiro atoms. The molecule has 1 atom stereocenters. The third-order valence-electron chi connectivity index (χ3n) is 3.58. The topological polar surface area (TPSA) is 12.0 Å². The lowest BCUT2D eigenvalue weighted by molar-refractivity contribution is 0.529. The van der Waals surface area contributed by atoms with Crippen LogP contribution in [0.1, 0.15) is 36.1 Å².